The third-order valence-electron chi connectivity index (χ3n) is 12.6. The summed E-state index contributed by atoms with van der Waals surface area (Å²) in [6.45, 7) is 12.6. The van der Waals surface area contributed by atoms with Crippen molar-refractivity contribution in [3.05, 3.63) is 127 Å². The molecule has 7 aromatic rings. The second kappa shape index (κ2) is 19.3. The number of hydrogen-bond donors (Lipinski definition) is 3. The lowest BCUT2D eigenvalue weighted by atomic mass is 9.89. The van der Waals surface area contributed by atoms with Crippen molar-refractivity contribution in [3.63, 3.8) is 0 Å². The van der Waals surface area contributed by atoms with Gasteiger partial charge in [-0.1, -0.05) is 32.0 Å². The number of piperidine rings is 2. The minimum absolute atomic E-state index is 0.0739. The highest BCUT2D eigenvalue weighted by Gasteiger charge is 2.42. The van der Waals surface area contributed by atoms with E-state index in [9.17, 15) is 9.59 Å². The minimum Gasteiger partial charge on any atom is -0.410 e. The van der Waals surface area contributed by atoms with E-state index < -0.39 is 6.09 Å². The van der Waals surface area contributed by atoms with Crippen LogP contribution in [-0.4, -0.2) is 89.9 Å². The molecule has 3 N–H and O–H groups in total. The number of nitrogens with zero attached hydrogens (tertiary/aromatic N) is 11. The number of nitrogens with one attached hydrogen (secondary N) is 3. The molecule has 2 fully saturated rings. The van der Waals surface area contributed by atoms with Crippen molar-refractivity contribution < 1.29 is 14.3 Å². The summed E-state index contributed by atoms with van der Waals surface area (Å²) in [5, 5.41) is 17.3. The molecule has 344 valence electrons. The summed E-state index contributed by atoms with van der Waals surface area (Å²) in [6.07, 6.45) is 12.1. The highest BCUT2D eigenvalue weighted by atomic mass is 16.6. The van der Waals surface area contributed by atoms with Gasteiger partial charge in [0.1, 0.15) is 5.75 Å². The number of pyridine rings is 4. The summed E-state index contributed by atoms with van der Waals surface area (Å²) in [7, 11) is 3.60. The van der Waals surface area contributed by atoms with Gasteiger partial charge in [0.15, 0.2) is 11.6 Å². The fraction of sp³-hybridized carbons (Fsp3) is 0.320. The summed E-state index contributed by atoms with van der Waals surface area (Å²) in [6, 6.07) is 25.8. The van der Waals surface area contributed by atoms with E-state index in [-0.39, 0.29) is 12.1 Å². The highest BCUT2D eigenvalue weighted by Crippen LogP contribution is 2.42. The minimum atomic E-state index is -0.529. The van der Waals surface area contributed by atoms with Crippen molar-refractivity contribution in [2.75, 3.05) is 56.8 Å². The lowest BCUT2D eigenvalue weighted by molar-refractivity contribution is 0.215. The molecule has 0 radical (unpaired) electrons. The van der Waals surface area contributed by atoms with Crippen molar-refractivity contribution in [2.45, 2.75) is 52.6 Å². The molecule has 4 atom stereocenters. The van der Waals surface area contributed by atoms with E-state index in [0.29, 0.717) is 40.8 Å². The van der Waals surface area contributed by atoms with Gasteiger partial charge in [-0.25, -0.2) is 19.6 Å². The van der Waals surface area contributed by atoms with E-state index in [1.807, 2.05) is 62.3 Å². The molecular weight excluding hydrogens is 845 g/mol. The first kappa shape index (κ1) is 44.4. The number of hydrogen-bond acceptors (Lipinski definition) is 12. The van der Waals surface area contributed by atoms with Gasteiger partial charge in [-0.05, 0) is 99.2 Å². The van der Waals surface area contributed by atoms with E-state index in [1.165, 1.54) is 12.1 Å². The smallest absolute Gasteiger partial charge is 0.410 e. The number of para-hydroxylation sites is 1. The Morgan fingerprint density at radius 3 is 1.93 bits per heavy atom. The maximum absolute atomic E-state index is 13.4. The van der Waals surface area contributed by atoms with Crippen molar-refractivity contribution in [1.29, 1.82) is 0 Å². The van der Waals surface area contributed by atoms with Crippen LogP contribution in [0.4, 0.5) is 44.0 Å². The molecule has 2 unspecified atom stereocenters. The Kier molecular flexibility index (Phi) is 12.8. The third kappa shape index (κ3) is 10.2. The van der Waals surface area contributed by atoms with Crippen LogP contribution in [0, 0.1) is 25.7 Å². The zero-order chi connectivity index (χ0) is 46.6. The molecule has 11 rings (SSSR count). The zero-order valence-corrected chi connectivity index (χ0v) is 38.7. The molecule has 2 saturated heterocycles. The molecule has 17 nitrogen and oxygen atoms in total. The lowest BCUT2D eigenvalue weighted by Crippen LogP contribution is -2.59. The van der Waals surface area contributed by atoms with Crippen LogP contribution in [0.1, 0.15) is 38.1 Å². The first-order chi connectivity index (χ1) is 32.4. The number of urea groups is 1. The number of rotatable bonds is 5. The zero-order valence-electron chi connectivity index (χ0n) is 38.7. The highest BCUT2D eigenvalue weighted by molar-refractivity contribution is 6.04. The van der Waals surface area contributed by atoms with Crippen LogP contribution < -0.4 is 35.4 Å². The molecule has 3 amide bonds. The van der Waals surface area contributed by atoms with Gasteiger partial charge in [0.25, 0.3) is 0 Å². The SMILES string of the molecule is Cc1cc(-c2ccc3c(n2)N(C(=O)Nc2cnn(C)c2)[C@@H]2CN3CCC2C)ccn1.Cc1cc(-c2ccc3c(n2)N[C@@H]2CN3CCC2C)ccn1.Cn1cc(NC(=O)Oc2ccccc2)cn1. The fourth-order valence-corrected chi connectivity index (χ4v) is 8.96. The predicted octanol–water partition coefficient (Wildman–Crippen LogP) is 8.58. The van der Waals surface area contributed by atoms with Crippen LogP contribution in [-0.2, 0) is 14.1 Å². The van der Waals surface area contributed by atoms with Crippen LogP contribution in [0.25, 0.3) is 22.5 Å². The average Bonchev–Trinajstić information content (AvgIpc) is 3.94. The molecule has 4 aliphatic heterocycles. The van der Waals surface area contributed by atoms with Crippen molar-refractivity contribution in [2.24, 2.45) is 25.9 Å². The van der Waals surface area contributed by atoms with Gasteiger partial charge in [0.2, 0.25) is 0 Å². The maximum atomic E-state index is 13.4. The van der Waals surface area contributed by atoms with Crippen LogP contribution in [0.2, 0.25) is 0 Å². The van der Waals surface area contributed by atoms with Gasteiger partial charge in [-0.3, -0.25) is 29.5 Å². The van der Waals surface area contributed by atoms with Gasteiger partial charge in [-0.2, -0.15) is 10.2 Å². The van der Waals surface area contributed by atoms with Gasteiger partial charge < -0.3 is 25.2 Å². The molecule has 4 aliphatic rings. The van der Waals surface area contributed by atoms with E-state index in [2.05, 4.69) is 84.0 Å². The largest absolute Gasteiger partial charge is 0.417 e. The van der Waals surface area contributed by atoms with Crippen LogP contribution in [0.5, 0.6) is 5.75 Å². The number of carbonyl (C=O) groups is 2. The number of aromatic nitrogens is 8. The van der Waals surface area contributed by atoms with Crippen molar-refractivity contribution in [1.82, 2.24) is 39.5 Å². The molecule has 4 bridgehead atoms. The van der Waals surface area contributed by atoms with E-state index in [1.54, 1.807) is 71.7 Å². The Morgan fingerprint density at radius 2 is 1.30 bits per heavy atom. The normalized spacial score (nSPS) is 18.7. The molecule has 67 heavy (non-hydrogen) atoms. The van der Waals surface area contributed by atoms with Gasteiger partial charge in [0.05, 0.1) is 52.6 Å². The van der Waals surface area contributed by atoms with E-state index in [0.717, 1.165) is 78.0 Å². The van der Waals surface area contributed by atoms with Crippen LogP contribution >= 0.6 is 0 Å². The number of anilines is 6. The van der Waals surface area contributed by atoms with Crippen LogP contribution in [0.3, 0.4) is 0 Å². The molecule has 17 heteroatoms. The first-order valence-electron chi connectivity index (χ1n) is 22.7. The molecule has 0 aliphatic carbocycles. The topological polar surface area (TPSA) is 176 Å². The molecule has 6 aromatic heterocycles. The Morgan fingerprint density at radius 1 is 0.701 bits per heavy atom. The Balaban J connectivity index is 0.000000133. The monoisotopic (exact) mass is 900 g/mol. The summed E-state index contributed by atoms with van der Waals surface area (Å²) in [5.74, 6) is 3.35. The lowest BCUT2D eigenvalue weighted by Gasteiger charge is -2.48. The number of ether oxygens (including phenoxy) is 1. The number of aryl methyl sites for hydroxylation is 4. The number of fused-ring (bicyclic) bond motifs is 8. The molecule has 1 aromatic carbocycles. The summed E-state index contributed by atoms with van der Waals surface area (Å²) < 4.78 is 8.31. The van der Waals surface area contributed by atoms with Crippen LogP contribution in [0.15, 0.2) is 116 Å². The van der Waals surface area contributed by atoms with Gasteiger partial charge in [0, 0.05) is 93.6 Å². The molecular formula is C50H56N14O3. The molecule has 10 heterocycles. The second-order valence-corrected chi connectivity index (χ2v) is 17.7. The first-order valence-corrected chi connectivity index (χ1v) is 22.7. The molecule has 0 saturated carbocycles. The number of amides is 3. The quantitative estimate of drug-likeness (QED) is 0.150. The molecule has 0 spiro atoms. The van der Waals surface area contributed by atoms with E-state index >= 15 is 0 Å². The Hall–Kier alpha value is -7.82. The Bertz CT molecular complexity index is 2860. The number of carbonyl (C=O) groups excluding carboxylic acids is 2. The Labute approximate surface area is 390 Å². The fourth-order valence-electron chi connectivity index (χ4n) is 8.96. The summed E-state index contributed by atoms with van der Waals surface area (Å²) >= 11 is 0. The second-order valence-electron chi connectivity index (χ2n) is 17.7. The average molecular weight is 901 g/mol. The standard InChI is InChI=1S/C22H25N7O.C17H20N4.C11H11N3O2/c1-14-7-9-28-13-20(14)29(22(30)25-17-11-24-27(3)12-17)21-19(28)5-4-18(26-21)16-6-8-23-15(2)10-16;1-11-6-8-21-10-15(11)20-17-16(21)4-3-14(19-17)13-5-7-18-12(2)9-13;1-14-8-9(7-12-14)13-11(15)16-10-5-3-2-4-6-10/h4-6,8,10-12,14,20H,7,9,13H2,1-3H3,(H,25,30);3-5,7,9,11,15H,6,8,10H2,1-2H3,(H,19,20);2-8H,1H3,(H,13,15)/t14?,20-;11?,15-;/m11./s1. The summed E-state index contributed by atoms with van der Waals surface area (Å²) in [4.78, 5) is 49.8. The van der Waals surface area contributed by atoms with Crippen molar-refractivity contribution >= 4 is 46.5 Å². The van der Waals surface area contributed by atoms with Crippen molar-refractivity contribution in [3.8, 4) is 28.3 Å². The number of benzene rings is 1. The van der Waals surface area contributed by atoms with Gasteiger partial charge >= 0.3 is 12.1 Å². The summed E-state index contributed by atoms with van der Waals surface area (Å²) in [5.41, 5.74) is 9.47. The predicted molar refractivity (Wildman–Crippen MR) is 262 cm³/mol. The van der Waals surface area contributed by atoms with Gasteiger partial charge in [-0.15, -0.1) is 0 Å². The third-order valence-corrected chi connectivity index (χ3v) is 12.6. The van der Waals surface area contributed by atoms with E-state index in [4.69, 9.17) is 14.7 Å². The maximum Gasteiger partial charge on any atom is 0.417 e.